The van der Waals surface area contributed by atoms with Gasteiger partial charge in [0.2, 0.25) is 0 Å². The third-order valence-electron chi connectivity index (χ3n) is 1.82. The molecule has 0 aromatic rings. The molecule has 0 saturated heterocycles. The molecule has 0 saturated carbocycles. The van der Waals surface area contributed by atoms with E-state index in [1.165, 1.54) is 0 Å². The van der Waals surface area contributed by atoms with E-state index in [2.05, 4.69) is 0 Å². The van der Waals surface area contributed by atoms with Crippen molar-refractivity contribution in [1.29, 1.82) is 0 Å². The van der Waals surface area contributed by atoms with E-state index in [4.69, 9.17) is 5.73 Å². The van der Waals surface area contributed by atoms with Crippen molar-refractivity contribution in [2.24, 2.45) is 11.7 Å². The lowest BCUT2D eigenvalue weighted by molar-refractivity contribution is -0.126. The molecule has 0 aliphatic heterocycles. The number of nitrogens with two attached hydrogens (primary N) is 1. The zero-order chi connectivity index (χ0) is 8.36. The third kappa shape index (κ3) is 2.10. The van der Waals surface area contributed by atoms with Gasteiger partial charge in [0.1, 0.15) is 0 Å². The van der Waals surface area contributed by atoms with Crippen molar-refractivity contribution in [2.75, 3.05) is 0 Å². The molecule has 0 radical (unpaired) electrons. The third-order valence-corrected chi connectivity index (χ3v) is 1.82. The monoisotopic (exact) mass is 143 g/mol. The van der Waals surface area contributed by atoms with E-state index >= 15 is 0 Å². The largest absolute Gasteiger partial charge is 0.319 e. The molecule has 10 heavy (non-hydrogen) atoms. The van der Waals surface area contributed by atoms with Crippen LogP contribution in [0.1, 0.15) is 34.1 Å². The Morgan fingerprint density at radius 3 is 2.10 bits per heavy atom. The minimum absolute atomic E-state index is 0.0509. The first-order valence-corrected chi connectivity index (χ1v) is 3.75. The van der Waals surface area contributed by atoms with Crippen molar-refractivity contribution < 1.29 is 4.79 Å². The molecule has 0 rings (SSSR count). The van der Waals surface area contributed by atoms with Gasteiger partial charge in [0.05, 0.1) is 5.54 Å². The zero-order valence-corrected chi connectivity index (χ0v) is 7.27. The van der Waals surface area contributed by atoms with Crippen LogP contribution in [0.4, 0.5) is 0 Å². The van der Waals surface area contributed by atoms with Gasteiger partial charge in [-0.1, -0.05) is 20.8 Å². The number of hydrogen-bond donors (Lipinski definition) is 1. The van der Waals surface area contributed by atoms with Gasteiger partial charge in [-0.05, 0) is 13.3 Å². The van der Waals surface area contributed by atoms with E-state index in [9.17, 15) is 4.79 Å². The summed E-state index contributed by atoms with van der Waals surface area (Å²) in [5.74, 6) is 0.199. The second-order valence-corrected chi connectivity index (χ2v) is 3.29. The minimum atomic E-state index is -0.617. The van der Waals surface area contributed by atoms with Gasteiger partial charge in [-0.3, -0.25) is 4.79 Å². The van der Waals surface area contributed by atoms with E-state index < -0.39 is 5.54 Å². The summed E-state index contributed by atoms with van der Waals surface area (Å²) in [4.78, 5) is 11.3. The van der Waals surface area contributed by atoms with Crippen molar-refractivity contribution >= 4 is 5.78 Å². The summed E-state index contributed by atoms with van der Waals surface area (Å²) >= 11 is 0. The van der Waals surface area contributed by atoms with Gasteiger partial charge in [-0.2, -0.15) is 0 Å². The maximum absolute atomic E-state index is 11.3. The molecule has 0 amide bonds. The lowest BCUT2D eigenvalue weighted by Gasteiger charge is -2.22. The normalized spacial score (nSPS) is 17.0. The lowest BCUT2D eigenvalue weighted by Crippen LogP contribution is -2.46. The van der Waals surface area contributed by atoms with Crippen molar-refractivity contribution in [3.8, 4) is 0 Å². The van der Waals surface area contributed by atoms with Gasteiger partial charge in [0.25, 0.3) is 0 Å². The van der Waals surface area contributed by atoms with Gasteiger partial charge < -0.3 is 5.73 Å². The molecule has 1 atom stereocenters. The van der Waals surface area contributed by atoms with E-state index in [1.54, 1.807) is 6.92 Å². The molecule has 0 aromatic carbocycles. The Kier molecular flexibility index (Phi) is 3.03. The molecular formula is C8H17NO. The van der Waals surface area contributed by atoms with E-state index in [1.807, 2.05) is 20.8 Å². The van der Waals surface area contributed by atoms with Crippen molar-refractivity contribution in [3.05, 3.63) is 0 Å². The quantitative estimate of drug-likeness (QED) is 0.647. The summed E-state index contributed by atoms with van der Waals surface area (Å²) in [7, 11) is 0. The van der Waals surface area contributed by atoms with Crippen LogP contribution in [0.3, 0.4) is 0 Å². The summed E-state index contributed by atoms with van der Waals surface area (Å²) < 4.78 is 0. The molecule has 0 spiro atoms. The average Bonchev–Trinajstić information content (AvgIpc) is 1.86. The molecule has 60 valence electrons. The topological polar surface area (TPSA) is 43.1 Å². The molecule has 0 aliphatic carbocycles. The highest BCUT2D eigenvalue weighted by atomic mass is 16.1. The first-order chi connectivity index (χ1) is 4.41. The fourth-order valence-corrected chi connectivity index (χ4v) is 0.834. The van der Waals surface area contributed by atoms with E-state index in [-0.39, 0.29) is 11.7 Å². The van der Waals surface area contributed by atoms with Gasteiger partial charge >= 0.3 is 0 Å². The second kappa shape index (κ2) is 3.15. The fraction of sp³-hybridized carbons (Fsp3) is 0.875. The van der Waals surface area contributed by atoms with Crippen molar-refractivity contribution in [1.82, 2.24) is 0 Å². The Hall–Kier alpha value is -0.370. The maximum atomic E-state index is 11.3. The average molecular weight is 143 g/mol. The molecule has 2 heteroatoms. The van der Waals surface area contributed by atoms with Crippen LogP contribution in [0, 0.1) is 5.92 Å². The lowest BCUT2D eigenvalue weighted by atomic mass is 9.88. The first-order valence-electron chi connectivity index (χ1n) is 3.75. The van der Waals surface area contributed by atoms with Gasteiger partial charge in [-0.25, -0.2) is 0 Å². The molecule has 0 bridgehead atoms. The summed E-state index contributed by atoms with van der Waals surface area (Å²) in [5, 5.41) is 0. The van der Waals surface area contributed by atoms with E-state index in [0.29, 0.717) is 6.42 Å². The van der Waals surface area contributed by atoms with Crippen molar-refractivity contribution in [2.45, 2.75) is 39.7 Å². The highest BCUT2D eigenvalue weighted by Gasteiger charge is 2.27. The molecule has 2 N–H and O–H groups in total. The molecular weight excluding hydrogens is 126 g/mol. The summed E-state index contributed by atoms with van der Waals surface area (Å²) in [6, 6.07) is 0. The molecule has 1 unspecified atom stereocenters. The number of ketones is 1. The van der Waals surface area contributed by atoms with Crippen LogP contribution in [-0.2, 0) is 4.79 Å². The molecule has 0 aromatic heterocycles. The first kappa shape index (κ1) is 9.63. The van der Waals surface area contributed by atoms with Gasteiger partial charge in [0, 0.05) is 5.92 Å². The van der Waals surface area contributed by atoms with Crippen LogP contribution in [0.25, 0.3) is 0 Å². The Labute approximate surface area is 62.8 Å². The summed E-state index contributed by atoms with van der Waals surface area (Å²) in [5.41, 5.74) is 5.09. The molecule has 0 aliphatic rings. The van der Waals surface area contributed by atoms with Crippen LogP contribution < -0.4 is 5.73 Å². The Bertz CT molecular complexity index is 127. The predicted molar refractivity (Wildman–Crippen MR) is 42.7 cm³/mol. The van der Waals surface area contributed by atoms with Crippen LogP contribution >= 0.6 is 0 Å². The highest BCUT2D eigenvalue weighted by Crippen LogP contribution is 2.11. The molecule has 0 heterocycles. The van der Waals surface area contributed by atoms with Crippen LogP contribution in [0.5, 0.6) is 0 Å². The maximum Gasteiger partial charge on any atom is 0.154 e. The number of rotatable bonds is 3. The van der Waals surface area contributed by atoms with Crippen LogP contribution in [0.15, 0.2) is 0 Å². The van der Waals surface area contributed by atoms with Crippen molar-refractivity contribution in [3.63, 3.8) is 0 Å². The predicted octanol–water partition coefficient (Wildman–Crippen LogP) is 1.34. The highest BCUT2D eigenvalue weighted by molar-refractivity contribution is 5.89. The number of carbonyl (C=O) groups is 1. The fourth-order valence-electron chi connectivity index (χ4n) is 0.834. The zero-order valence-electron chi connectivity index (χ0n) is 7.27. The van der Waals surface area contributed by atoms with Crippen LogP contribution in [0.2, 0.25) is 0 Å². The standard InChI is InChI=1S/C8H17NO/c1-5-8(4,9)7(10)6(2)3/h6H,5,9H2,1-4H3. The summed E-state index contributed by atoms with van der Waals surface area (Å²) in [6.07, 6.45) is 0.712. The number of Topliss-reactive ketones (excluding diaryl/α,β-unsaturated/α-hetero) is 1. The minimum Gasteiger partial charge on any atom is -0.319 e. The van der Waals surface area contributed by atoms with Gasteiger partial charge in [0.15, 0.2) is 5.78 Å². The Morgan fingerprint density at radius 2 is 2.00 bits per heavy atom. The SMILES string of the molecule is CCC(C)(N)C(=O)C(C)C. The number of hydrogen-bond acceptors (Lipinski definition) is 2. The van der Waals surface area contributed by atoms with Crippen LogP contribution in [-0.4, -0.2) is 11.3 Å². The smallest absolute Gasteiger partial charge is 0.154 e. The Morgan fingerprint density at radius 1 is 1.60 bits per heavy atom. The summed E-state index contributed by atoms with van der Waals surface area (Å²) in [6.45, 7) is 7.47. The van der Waals surface area contributed by atoms with E-state index in [0.717, 1.165) is 0 Å². The number of carbonyl (C=O) groups excluding carboxylic acids is 1. The van der Waals surface area contributed by atoms with Gasteiger partial charge in [-0.15, -0.1) is 0 Å². The molecule has 0 fully saturated rings. The molecule has 2 nitrogen and oxygen atoms in total. The Balaban J connectivity index is 4.19. The second-order valence-electron chi connectivity index (χ2n) is 3.29.